The van der Waals surface area contributed by atoms with Crippen molar-refractivity contribution in [2.75, 3.05) is 7.11 Å². The number of aromatic nitrogens is 2. The van der Waals surface area contributed by atoms with Crippen LogP contribution in [0.5, 0.6) is 0 Å². The molecule has 1 aromatic heterocycles. The van der Waals surface area contributed by atoms with Crippen molar-refractivity contribution < 1.29 is 4.74 Å². The van der Waals surface area contributed by atoms with Gasteiger partial charge in [-0.15, -0.1) is 0 Å². The summed E-state index contributed by atoms with van der Waals surface area (Å²) in [7, 11) is 1.65. The quantitative estimate of drug-likeness (QED) is 0.892. The van der Waals surface area contributed by atoms with E-state index >= 15 is 0 Å². The van der Waals surface area contributed by atoms with Crippen LogP contribution in [0.1, 0.15) is 39.0 Å². The monoisotopic (exact) mass is 330 g/mol. The summed E-state index contributed by atoms with van der Waals surface area (Å²) in [5.74, 6) is 1.18. The normalized spacial score (nSPS) is 19.0. The predicted molar refractivity (Wildman–Crippen MR) is 95.7 cm³/mol. The average Bonchev–Trinajstić information content (AvgIpc) is 3.02. The lowest BCUT2D eigenvalue weighted by atomic mass is 9.99. The summed E-state index contributed by atoms with van der Waals surface area (Å²) in [6.07, 6.45) is 6.04. The molecule has 1 unspecified atom stereocenters. The summed E-state index contributed by atoms with van der Waals surface area (Å²) < 4.78 is 5.43. The minimum atomic E-state index is -0.193. The van der Waals surface area contributed by atoms with Crippen molar-refractivity contribution in [1.82, 2.24) is 20.6 Å². The van der Waals surface area contributed by atoms with Gasteiger partial charge in [-0.05, 0) is 30.6 Å². The molecular formula is C18H26N4O2. The van der Waals surface area contributed by atoms with Crippen LogP contribution in [0.15, 0.2) is 40.7 Å². The lowest BCUT2D eigenvalue weighted by Crippen LogP contribution is -2.40. The molecule has 0 radical (unpaired) electrons. The van der Waals surface area contributed by atoms with E-state index in [1.165, 1.54) is 0 Å². The molecule has 0 saturated heterocycles. The third kappa shape index (κ3) is 3.28. The Labute approximate surface area is 142 Å². The summed E-state index contributed by atoms with van der Waals surface area (Å²) in [5.41, 5.74) is 6.82. The van der Waals surface area contributed by atoms with Gasteiger partial charge in [-0.2, -0.15) is 5.10 Å². The van der Waals surface area contributed by atoms with Gasteiger partial charge in [0.1, 0.15) is 0 Å². The molecule has 0 amide bonds. The van der Waals surface area contributed by atoms with Crippen molar-refractivity contribution in [2.45, 2.75) is 40.7 Å². The van der Waals surface area contributed by atoms with Gasteiger partial charge in [0, 0.05) is 23.8 Å². The Bertz CT molecular complexity index is 744. The van der Waals surface area contributed by atoms with Crippen LogP contribution < -0.4 is 11.0 Å². The largest absolute Gasteiger partial charge is 0.481 e. The van der Waals surface area contributed by atoms with Crippen molar-refractivity contribution in [1.29, 1.82) is 0 Å². The Morgan fingerprint density at radius 1 is 1.29 bits per heavy atom. The summed E-state index contributed by atoms with van der Waals surface area (Å²) in [5, 5.41) is 8.66. The lowest BCUT2D eigenvalue weighted by molar-refractivity contribution is 0.141. The van der Waals surface area contributed by atoms with Gasteiger partial charge < -0.3 is 4.74 Å². The average molecular weight is 330 g/mol. The minimum Gasteiger partial charge on any atom is -0.481 e. The van der Waals surface area contributed by atoms with E-state index in [1.807, 2.05) is 37.9 Å². The first-order valence-electron chi connectivity index (χ1n) is 8.32. The molecule has 130 valence electrons. The van der Waals surface area contributed by atoms with Crippen molar-refractivity contribution in [3.05, 3.63) is 57.5 Å². The van der Waals surface area contributed by atoms with Gasteiger partial charge in [-0.1, -0.05) is 27.7 Å². The first kappa shape index (κ1) is 18.0. The fourth-order valence-electron chi connectivity index (χ4n) is 2.68. The van der Waals surface area contributed by atoms with E-state index in [0.29, 0.717) is 5.92 Å². The van der Waals surface area contributed by atoms with E-state index < -0.39 is 0 Å². The SMILES string of the molecule is CC.COC1=CC=C(c2n[nH]c(=O)cc2C)C2=CC(C(C)C)NN12. The van der Waals surface area contributed by atoms with Crippen LogP contribution in [0.3, 0.4) is 0 Å². The zero-order valence-electron chi connectivity index (χ0n) is 15.2. The highest BCUT2D eigenvalue weighted by Crippen LogP contribution is 2.35. The summed E-state index contributed by atoms with van der Waals surface area (Å²) in [6.45, 7) is 10.2. The molecule has 0 bridgehead atoms. The number of fused-ring (bicyclic) bond motifs is 1. The Kier molecular flexibility index (Phi) is 5.62. The second-order valence-electron chi connectivity index (χ2n) is 5.84. The molecule has 6 heteroatoms. The van der Waals surface area contributed by atoms with Crippen molar-refractivity contribution in [3.8, 4) is 0 Å². The van der Waals surface area contributed by atoms with Crippen LogP contribution in [-0.4, -0.2) is 28.4 Å². The topological polar surface area (TPSA) is 70.2 Å². The number of H-pyrrole nitrogens is 1. The van der Waals surface area contributed by atoms with Gasteiger partial charge in [-0.3, -0.25) is 4.79 Å². The van der Waals surface area contributed by atoms with E-state index in [0.717, 1.165) is 28.4 Å². The molecule has 0 aliphatic carbocycles. The van der Waals surface area contributed by atoms with Crippen LogP contribution in [0.4, 0.5) is 0 Å². The highest BCUT2D eigenvalue weighted by atomic mass is 16.5. The van der Waals surface area contributed by atoms with Crippen LogP contribution >= 0.6 is 0 Å². The van der Waals surface area contributed by atoms with E-state index in [1.54, 1.807) is 13.2 Å². The number of hydrogen-bond acceptors (Lipinski definition) is 5. The molecular weight excluding hydrogens is 304 g/mol. The van der Waals surface area contributed by atoms with Gasteiger partial charge in [0.15, 0.2) is 0 Å². The van der Waals surface area contributed by atoms with Gasteiger partial charge >= 0.3 is 0 Å². The number of hydrogen-bond donors (Lipinski definition) is 2. The molecule has 2 aliphatic heterocycles. The molecule has 3 rings (SSSR count). The molecule has 0 spiro atoms. The maximum absolute atomic E-state index is 11.4. The van der Waals surface area contributed by atoms with Crippen LogP contribution in [0.25, 0.3) is 5.57 Å². The highest BCUT2D eigenvalue weighted by molar-refractivity contribution is 5.81. The number of aryl methyl sites for hydroxylation is 1. The van der Waals surface area contributed by atoms with Gasteiger partial charge in [0.05, 0.1) is 18.5 Å². The maximum atomic E-state index is 11.4. The first-order chi connectivity index (χ1) is 11.5. The number of hydrazine groups is 1. The number of aromatic amines is 1. The number of methoxy groups -OCH3 is 1. The Balaban J connectivity index is 0.00000100. The van der Waals surface area contributed by atoms with E-state index in [9.17, 15) is 4.79 Å². The molecule has 0 fully saturated rings. The fraction of sp³-hybridized carbons (Fsp3) is 0.444. The molecule has 2 N–H and O–H groups in total. The summed E-state index contributed by atoms with van der Waals surface area (Å²) >= 11 is 0. The number of nitrogens with one attached hydrogen (secondary N) is 2. The number of rotatable bonds is 3. The lowest BCUT2D eigenvalue weighted by Gasteiger charge is -2.29. The third-order valence-corrected chi connectivity index (χ3v) is 3.93. The molecule has 1 aromatic rings. The van der Waals surface area contributed by atoms with Crippen molar-refractivity contribution in [2.24, 2.45) is 5.92 Å². The maximum Gasteiger partial charge on any atom is 0.264 e. The zero-order chi connectivity index (χ0) is 17.9. The van der Waals surface area contributed by atoms with E-state index in [2.05, 4.69) is 35.5 Å². The second-order valence-corrected chi connectivity index (χ2v) is 5.84. The van der Waals surface area contributed by atoms with Crippen molar-refractivity contribution >= 4 is 5.57 Å². The van der Waals surface area contributed by atoms with E-state index in [4.69, 9.17) is 4.74 Å². The standard InChI is InChI=1S/C16H20N4O2.C2H6/c1-9(2)12-8-13-11(5-6-15(22-4)20(13)19-12)16-10(3)7-14(21)17-18-16;1-2/h5-9,12,19H,1-4H3,(H,17,21);1-2H3. The molecule has 6 nitrogen and oxygen atoms in total. The van der Waals surface area contributed by atoms with Crippen molar-refractivity contribution in [3.63, 3.8) is 0 Å². The first-order valence-corrected chi connectivity index (χ1v) is 8.32. The second kappa shape index (κ2) is 7.49. The molecule has 1 atom stereocenters. The number of ether oxygens (including phenoxy) is 1. The number of nitrogens with zero attached hydrogens (tertiary/aromatic N) is 2. The fourth-order valence-corrected chi connectivity index (χ4v) is 2.68. The van der Waals surface area contributed by atoms with E-state index in [-0.39, 0.29) is 11.6 Å². The molecule has 2 aliphatic rings. The molecule has 3 heterocycles. The highest BCUT2D eigenvalue weighted by Gasteiger charge is 2.33. The van der Waals surface area contributed by atoms with Gasteiger partial charge in [0.2, 0.25) is 5.88 Å². The third-order valence-electron chi connectivity index (χ3n) is 3.93. The van der Waals surface area contributed by atoms with Gasteiger partial charge in [-0.25, -0.2) is 15.5 Å². The van der Waals surface area contributed by atoms with Gasteiger partial charge in [0.25, 0.3) is 5.56 Å². The Morgan fingerprint density at radius 3 is 2.58 bits per heavy atom. The Morgan fingerprint density at radius 2 is 2.00 bits per heavy atom. The summed E-state index contributed by atoms with van der Waals surface area (Å²) in [6, 6.07) is 1.78. The zero-order valence-corrected chi connectivity index (χ0v) is 15.2. The Hall–Kier alpha value is -2.34. The van der Waals surface area contributed by atoms with Crippen LogP contribution in [0.2, 0.25) is 0 Å². The molecule has 0 aromatic carbocycles. The van der Waals surface area contributed by atoms with Crippen LogP contribution in [0, 0.1) is 12.8 Å². The summed E-state index contributed by atoms with van der Waals surface area (Å²) in [4.78, 5) is 11.4. The number of allylic oxidation sites excluding steroid dienone is 3. The smallest absolute Gasteiger partial charge is 0.264 e. The minimum absolute atomic E-state index is 0.193. The predicted octanol–water partition coefficient (Wildman–Crippen LogP) is 2.72. The molecule has 24 heavy (non-hydrogen) atoms. The molecule has 0 saturated carbocycles. The van der Waals surface area contributed by atoms with Crippen LogP contribution in [-0.2, 0) is 4.74 Å².